The van der Waals surface area contributed by atoms with Gasteiger partial charge in [0.15, 0.2) is 0 Å². The Hall–Kier alpha value is -1.77. The Morgan fingerprint density at radius 3 is 2.88 bits per heavy atom. The van der Waals surface area contributed by atoms with Crippen molar-refractivity contribution >= 4 is 11.5 Å². The van der Waals surface area contributed by atoms with Crippen LogP contribution in [0.1, 0.15) is 34.7 Å². The number of methoxy groups -OCH3 is 1. The zero-order chi connectivity index (χ0) is 11.1. The van der Waals surface area contributed by atoms with Gasteiger partial charge in [0.1, 0.15) is 0 Å². The third kappa shape index (κ3) is 1.48. The van der Waals surface area contributed by atoms with Gasteiger partial charge in [-0.2, -0.15) is 0 Å². The molecule has 1 fully saturated rings. The van der Waals surface area contributed by atoms with E-state index >= 15 is 0 Å². The topological polar surface area (TPSA) is 30.7 Å². The largest absolute Gasteiger partial charge is 0.465 e. The molecule has 0 amide bonds. The van der Waals surface area contributed by atoms with Gasteiger partial charge in [0.05, 0.1) is 12.7 Å². The highest BCUT2D eigenvalue weighted by Crippen LogP contribution is 2.39. The van der Waals surface area contributed by atoms with Gasteiger partial charge in [-0.3, -0.25) is 0 Å². The molecule has 0 unspecified atom stereocenters. The Balaban J connectivity index is 2.06. The molecule has 1 aliphatic rings. The fraction of sp³-hybridized carbons (Fsp3) is 0.308. The van der Waals surface area contributed by atoms with Crippen molar-refractivity contribution in [2.24, 2.45) is 0 Å². The summed E-state index contributed by atoms with van der Waals surface area (Å²) in [6.07, 6.45) is 6.51. The van der Waals surface area contributed by atoms with Crippen molar-refractivity contribution in [3.05, 3.63) is 41.7 Å². The van der Waals surface area contributed by atoms with E-state index in [1.54, 1.807) is 0 Å². The number of rotatable bonds is 2. The molecule has 0 atom stereocenters. The lowest BCUT2D eigenvalue weighted by Crippen LogP contribution is -1.98. The second-order valence-corrected chi connectivity index (χ2v) is 4.29. The standard InChI is InChI=1S/C13H13NO2/c1-16-13(15)11-6-12-5-4-10(9-2-3-9)7-14(12)8-11/h4-9H,2-3H2,1H3. The summed E-state index contributed by atoms with van der Waals surface area (Å²) in [6, 6.07) is 6.05. The van der Waals surface area contributed by atoms with Crippen molar-refractivity contribution in [2.75, 3.05) is 7.11 Å². The van der Waals surface area contributed by atoms with Crippen LogP contribution in [-0.2, 0) is 4.74 Å². The molecule has 82 valence electrons. The van der Waals surface area contributed by atoms with Gasteiger partial charge < -0.3 is 9.14 Å². The van der Waals surface area contributed by atoms with Gasteiger partial charge in [-0.1, -0.05) is 6.07 Å². The lowest BCUT2D eigenvalue weighted by Gasteiger charge is -1.99. The molecule has 0 aromatic carbocycles. The number of aromatic nitrogens is 1. The maximum atomic E-state index is 11.4. The van der Waals surface area contributed by atoms with Crippen molar-refractivity contribution in [1.82, 2.24) is 4.40 Å². The molecule has 2 heterocycles. The molecule has 2 aromatic rings. The van der Waals surface area contributed by atoms with E-state index in [1.165, 1.54) is 25.5 Å². The fourth-order valence-electron chi connectivity index (χ4n) is 2.01. The van der Waals surface area contributed by atoms with Crippen LogP contribution >= 0.6 is 0 Å². The molecule has 0 bridgehead atoms. The number of fused-ring (bicyclic) bond motifs is 1. The maximum absolute atomic E-state index is 11.4. The first-order valence-electron chi connectivity index (χ1n) is 5.48. The number of carbonyl (C=O) groups excluding carboxylic acids is 1. The van der Waals surface area contributed by atoms with Gasteiger partial charge in [0.25, 0.3) is 0 Å². The molecule has 0 radical (unpaired) electrons. The minimum atomic E-state index is -0.281. The monoisotopic (exact) mass is 215 g/mol. The number of nitrogens with zero attached hydrogens (tertiary/aromatic N) is 1. The quantitative estimate of drug-likeness (QED) is 0.721. The molecule has 3 heteroatoms. The van der Waals surface area contributed by atoms with Gasteiger partial charge in [0.2, 0.25) is 0 Å². The highest BCUT2D eigenvalue weighted by Gasteiger charge is 2.23. The number of esters is 1. The van der Waals surface area contributed by atoms with Crippen molar-refractivity contribution in [2.45, 2.75) is 18.8 Å². The lowest BCUT2D eigenvalue weighted by atomic mass is 10.2. The van der Waals surface area contributed by atoms with Crippen LogP contribution < -0.4 is 0 Å². The van der Waals surface area contributed by atoms with E-state index in [9.17, 15) is 4.79 Å². The third-order valence-electron chi connectivity index (χ3n) is 3.08. The van der Waals surface area contributed by atoms with E-state index in [0.29, 0.717) is 5.56 Å². The molecule has 0 N–H and O–H groups in total. The third-order valence-corrected chi connectivity index (χ3v) is 3.08. The second kappa shape index (κ2) is 3.37. The van der Waals surface area contributed by atoms with Crippen LogP contribution in [0, 0.1) is 0 Å². The van der Waals surface area contributed by atoms with Gasteiger partial charge in [-0.05, 0) is 36.5 Å². The van der Waals surface area contributed by atoms with Crippen LogP contribution in [0.25, 0.3) is 5.52 Å². The smallest absolute Gasteiger partial charge is 0.339 e. The molecule has 3 nitrogen and oxygen atoms in total. The van der Waals surface area contributed by atoms with Gasteiger partial charge in [-0.25, -0.2) is 4.79 Å². The van der Waals surface area contributed by atoms with E-state index in [0.717, 1.165) is 11.4 Å². The fourth-order valence-corrected chi connectivity index (χ4v) is 2.01. The summed E-state index contributed by atoms with van der Waals surface area (Å²) in [6.45, 7) is 0. The summed E-state index contributed by atoms with van der Waals surface area (Å²) in [7, 11) is 1.40. The summed E-state index contributed by atoms with van der Waals surface area (Å²) in [5.41, 5.74) is 3.00. The molecule has 16 heavy (non-hydrogen) atoms. The van der Waals surface area contributed by atoms with Crippen molar-refractivity contribution in [3.63, 3.8) is 0 Å². The second-order valence-electron chi connectivity index (χ2n) is 4.29. The summed E-state index contributed by atoms with van der Waals surface area (Å²) < 4.78 is 6.70. The van der Waals surface area contributed by atoms with Crippen LogP contribution in [0.2, 0.25) is 0 Å². The molecule has 2 aromatic heterocycles. The van der Waals surface area contributed by atoms with Crippen molar-refractivity contribution in [3.8, 4) is 0 Å². The highest BCUT2D eigenvalue weighted by atomic mass is 16.5. The Kier molecular flexibility index (Phi) is 1.99. The first-order chi connectivity index (χ1) is 7.78. The lowest BCUT2D eigenvalue weighted by molar-refractivity contribution is 0.0601. The zero-order valence-electron chi connectivity index (χ0n) is 9.14. The number of carbonyl (C=O) groups is 1. The van der Waals surface area contributed by atoms with Gasteiger partial charge in [0, 0.05) is 17.9 Å². The van der Waals surface area contributed by atoms with Crippen molar-refractivity contribution < 1.29 is 9.53 Å². The predicted octanol–water partition coefficient (Wildman–Crippen LogP) is 2.60. The Morgan fingerprint density at radius 1 is 1.38 bits per heavy atom. The van der Waals surface area contributed by atoms with Crippen LogP contribution in [0.4, 0.5) is 0 Å². The normalized spacial score (nSPS) is 15.3. The predicted molar refractivity (Wildman–Crippen MR) is 60.7 cm³/mol. The van der Waals surface area contributed by atoms with E-state index in [2.05, 4.69) is 18.3 Å². The van der Waals surface area contributed by atoms with Crippen molar-refractivity contribution in [1.29, 1.82) is 0 Å². The SMILES string of the molecule is COC(=O)c1cc2ccc(C3CC3)cn2c1. The number of hydrogen-bond donors (Lipinski definition) is 0. The number of pyridine rings is 1. The van der Waals surface area contributed by atoms with Crippen LogP contribution in [0.15, 0.2) is 30.6 Å². The molecule has 3 rings (SSSR count). The van der Waals surface area contributed by atoms with E-state index in [1.807, 2.05) is 16.7 Å². The molecule has 0 saturated heterocycles. The minimum Gasteiger partial charge on any atom is -0.465 e. The van der Waals surface area contributed by atoms with Gasteiger partial charge >= 0.3 is 5.97 Å². The molecule has 1 aliphatic carbocycles. The Labute approximate surface area is 93.6 Å². The summed E-state index contributed by atoms with van der Waals surface area (Å²) >= 11 is 0. The highest BCUT2D eigenvalue weighted by molar-refractivity contribution is 5.91. The minimum absolute atomic E-state index is 0.281. The Bertz CT molecular complexity index is 552. The first-order valence-corrected chi connectivity index (χ1v) is 5.48. The average Bonchev–Trinajstić information content (AvgIpc) is 3.07. The maximum Gasteiger partial charge on any atom is 0.339 e. The molecule has 0 aliphatic heterocycles. The number of hydrogen-bond acceptors (Lipinski definition) is 2. The summed E-state index contributed by atoms with van der Waals surface area (Å²) in [4.78, 5) is 11.4. The van der Waals surface area contributed by atoms with Gasteiger partial charge in [-0.15, -0.1) is 0 Å². The number of ether oxygens (including phenoxy) is 1. The zero-order valence-corrected chi connectivity index (χ0v) is 9.14. The molecule has 0 spiro atoms. The Morgan fingerprint density at radius 2 is 2.19 bits per heavy atom. The summed E-state index contributed by atoms with van der Waals surface area (Å²) in [5, 5.41) is 0. The molecule has 1 saturated carbocycles. The van der Waals surface area contributed by atoms with E-state index in [-0.39, 0.29) is 5.97 Å². The van der Waals surface area contributed by atoms with E-state index in [4.69, 9.17) is 4.74 Å². The van der Waals surface area contributed by atoms with Crippen LogP contribution in [0.3, 0.4) is 0 Å². The average molecular weight is 215 g/mol. The van der Waals surface area contributed by atoms with E-state index < -0.39 is 0 Å². The van der Waals surface area contributed by atoms with Crippen LogP contribution in [0.5, 0.6) is 0 Å². The molecular weight excluding hydrogens is 202 g/mol. The summed E-state index contributed by atoms with van der Waals surface area (Å²) in [5.74, 6) is 0.449. The molecular formula is C13H13NO2. The first kappa shape index (κ1) is 9.46. The van der Waals surface area contributed by atoms with Crippen LogP contribution in [-0.4, -0.2) is 17.5 Å².